The van der Waals surface area contributed by atoms with E-state index >= 15 is 0 Å². The van der Waals surface area contributed by atoms with Crippen molar-refractivity contribution in [2.75, 3.05) is 0 Å². The molecule has 1 aliphatic carbocycles. The Bertz CT molecular complexity index is 295. The van der Waals surface area contributed by atoms with Crippen molar-refractivity contribution in [1.82, 2.24) is 0 Å². The summed E-state index contributed by atoms with van der Waals surface area (Å²) in [6.07, 6.45) is 0. The summed E-state index contributed by atoms with van der Waals surface area (Å²) in [6, 6.07) is 0. The third kappa shape index (κ3) is 1.65. The van der Waals surface area contributed by atoms with Crippen molar-refractivity contribution in [2.24, 2.45) is 0 Å². The Balaban J connectivity index is 3.28. The van der Waals surface area contributed by atoms with Gasteiger partial charge in [0.25, 0.3) is 0 Å². The normalized spacial score (nSPS) is 29.5. The van der Waals surface area contributed by atoms with Gasteiger partial charge in [-0.15, -0.1) is 34.8 Å². The van der Waals surface area contributed by atoms with E-state index in [9.17, 15) is 0 Å². The van der Waals surface area contributed by atoms with Crippen molar-refractivity contribution in [3.05, 3.63) is 22.3 Å². The Morgan fingerprint density at radius 3 is 1.69 bits per heavy atom. The van der Waals surface area contributed by atoms with Gasteiger partial charge >= 0.3 is 0 Å². The van der Waals surface area contributed by atoms with E-state index in [0.29, 0.717) is 0 Å². The minimum atomic E-state index is -0.519. The van der Waals surface area contributed by atoms with E-state index in [0.717, 1.165) is 16.7 Å². The number of halogens is 3. The molecule has 0 aromatic rings. The van der Waals surface area contributed by atoms with E-state index in [2.05, 4.69) is 6.92 Å². The van der Waals surface area contributed by atoms with Crippen LogP contribution < -0.4 is 0 Å². The summed E-state index contributed by atoms with van der Waals surface area (Å²) in [5.41, 5.74) is 4.41. The lowest BCUT2D eigenvalue weighted by molar-refractivity contribution is 0.851. The van der Waals surface area contributed by atoms with Crippen LogP contribution in [0.2, 0.25) is 0 Å². The number of alkyl halides is 3. The maximum absolute atomic E-state index is 6.38. The second-order valence-electron chi connectivity index (χ2n) is 3.59. The molecule has 0 heterocycles. The van der Waals surface area contributed by atoms with Crippen molar-refractivity contribution in [2.45, 2.75) is 37.4 Å². The molecule has 1 rings (SSSR count). The molecule has 0 amide bonds. The number of hydrogen-bond donors (Lipinski definition) is 0. The first kappa shape index (κ1) is 11.4. The molecule has 13 heavy (non-hydrogen) atoms. The summed E-state index contributed by atoms with van der Waals surface area (Å²) in [7, 11) is 0. The largest absolute Gasteiger partial charge is 0.131 e. The molecule has 0 bridgehead atoms. The van der Waals surface area contributed by atoms with Crippen LogP contribution in [-0.2, 0) is 0 Å². The number of rotatable bonds is 1. The van der Waals surface area contributed by atoms with Crippen molar-refractivity contribution >= 4 is 34.8 Å². The Morgan fingerprint density at radius 2 is 1.54 bits per heavy atom. The lowest BCUT2D eigenvalue weighted by Crippen LogP contribution is -2.22. The molecule has 0 aromatic carbocycles. The van der Waals surface area contributed by atoms with E-state index in [4.69, 9.17) is 34.8 Å². The second kappa shape index (κ2) is 3.49. The zero-order valence-corrected chi connectivity index (χ0v) is 10.5. The summed E-state index contributed by atoms with van der Waals surface area (Å²) >= 11 is 18.2. The van der Waals surface area contributed by atoms with Crippen LogP contribution in [0.5, 0.6) is 0 Å². The third-order valence-corrected chi connectivity index (χ3v) is 3.88. The van der Waals surface area contributed by atoms with Gasteiger partial charge in [0.1, 0.15) is 4.84 Å². The molecule has 0 nitrogen and oxygen atoms in total. The van der Waals surface area contributed by atoms with Gasteiger partial charge in [-0.3, -0.25) is 0 Å². The van der Waals surface area contributed by atoms with Crippen LogP contribution in [0.15, 0.2) is 22.3 Å². The summed E-state index contributed by atoms with van der Waals surface area (Å²) in [5.74, 6) is 0. The highest BCUT2D eigenvalue weighted by molar-refractivity contribution is 6.47. The molecule has 74 valence electrons. The fourth-order valence-electron chi connectivity index (χ4n) is 1.76. The molecular weight excluding hydrogens is 226 g/mol. The fourth-order valence-corrected chi connectivity index (χ4v) is 3.03. The first-order valence-corrected chi connectivity index (χ1v) is 5.41. The van der Waals surface area contributed by atoms with Crippen LogP contribution in [-0.4, -0.2) is 9.71 Å². The lowest BCUT2D eigenvalue weighted by Gasteiger charge is -2.23. The topological polar surface area (TPSA) is 0 Å². The molecule has 0 spiro atoms. The minimum Gasteiger partial charge on any atom is -0.110 e. The zero-order chi connectivity index (χ0) is 10.4. The van der Waals surface area contributed by atoms with Gasteiger partial charge in [0.05, 0.1) is 4.87 Å². The molecule has 0 saturated carbocycles. The van der Waals surface area contributed by atoms with Gasteiger partial charge in [0, 0.05) is 0 Å². The van der Waals surface area contributed by atoms with Gasteiger partial charge in [0.2, 0.25) is 0 Å². The van der Waals surface area contributed by atoms with Gasteiger partial charge in [-0.1, -0.05) is 0 Å². The molecule has 0 radical (unpaired) electrons. The molecular formula is C10H13Cl3. The van der Waals surface area contributed by atoms with Gasteiger partial charge in [-0.25, -0.2) is 0 Å². The SMILES string of the molecule is CC1=C(C)C(C)(Cl)C(C(Cl)Cl)=C1C. The maximum atomic E-state index is 6.38. The Morgan fingerprint density at radius 1 is 1.08 bits per heavy atom. The summed E-state index contributed by atoms with van der Waals surface area (Å²) in [6.45, 7) is 8.03. The van der Waals surface area contributed by atoms with Crippen LogP contribution in [0.25, 0.3) is 0 Å². The molecule has 1 atom stereocenters. The molecule has 0 aromatic heterocycles. The number of allylic oxidation sites excluding steroid dienone is 4. The first-order chi connectivity index (χ1) is 5.80. The molecule has 0 fully saturated rings. The highest BCUT2D eigenvalue weighted by Gasteiger charge is 2.39. The number of hydrogen-bond acceptors (Lipinski definition) is 0. The van der Waals surface area contributed by atoms with Crippen LogP contribution in [0.1, 0.15) is 27.7 Å². The minimum absolute atomic E-state index is 0.498. The Kier molecular flexibility index (Phi) is 3.07. The van der Waals surface area contributed by atoms with E-state index in [1.165, 1.54) is 5.57 Å². The fraction of sp³-hybridized carbons (Fsp3) is 0.600. The zero-order valence-electron chi connectivity index (χ0n) is 8.21. The van der Waals surface area contributed by atoms with Crippen molar-refractivity contribution in [1.29, 1.82) is 0 Å². The van der Waals surface area contributed by atoms with Crippen LogP contribution in [0.3, 0.4) is 0 Å². The lowest BCUT2D eigenvalue weighted by atomic mass is 9.98. The van der Waals surface area contributed by atoms with Gasteiger partial charge in [0.15, 0.2) is 0 Å². The summed E-state index contributed by atoms with van der Waals surface area (Å²) < 4.78 is 0. The molecule has 1 unspecified atom stereocenters. The molecule has 0 aliphatic heterocycles. The Labute approximate surface area is 94.5 Å². The van der Waals surface area contributed by atoms with Crippen molar-refractivity contribution in [3.8, 4) is 0 Å². The van der Waals surface area contributed by atoms with Gasteiger partial charge in [-0.05, 0) is 50.0 Å². The highest BCUT2D eigenvalue weighted by Crippen LogP contribution is 2.47. The molecule has 0 N–H and O–H groups in total. The third-order valence-electron chi connectivity index (χ3n) is 2.96. The first-order valence-electron chi connectivity index (χ1n) is 4.16. The molecule has 3 heteroatoms. The smallest absolute Gasteiger partial charge is 0.110 e. The average molecular weight is 240 g/mol. The predicted octanol–water partition coefficient (Wildman–Crippen LogP) is 4.45. The summed E-state index contributed by atoms with van der Waals surface area (Å²) in [5, 5.41) is 0. The van der Waals surface area contributed by atoms with Gasteiger partial charge in [-0.2, -0.15) is 0 Å². The average Bonchev–Trinajstić information content (AvgIpc) is 2.12. The molecule has 1 aliphatic rings. The van der Waals surface area contributed by atoms with Crippen molar-refractivity contribution in [3.63, 3.8) is 0 Å². The van der Waals surface area contributed by atoms with Crippen LogP contribution in [0.4, 0.5) is 0 Å². The summed E-state index contributed by atoms with van der Waals surface area (Å²) in [4.78, 5) is -1.02. The maximum Gasteiger partial charge on any atom is 0.131 e. The van der Waals surface area contributed by atoms with E-state index in [1.54, 1.807) is 0 Å². The quantitative estimate of drug-likeness (QED) is 0.593. The van der Waals surface area contributed by atoms with Crippen LogP contribution in [0, 0.1) is 0 Å². The second-order valence-corrected chi connectivity index (χ2v) is 5.44. The van der Waals surface area contributed by atoms with E-state index in [1.807, 2.05) is 20.8 Å². The van der Waals surface area contributed by atoms with E-state index < -0.39 is 9.71 Å². The van der Waals surface area contributed by atoms with Crippen LogP contribution >= 0.6 is 34.8 Å². The van der Waals surface area contributed by atoms with Crippen molar-refractivity contribution < 1.29 is 0 Å². The highest BCUT2D eigenvalue weighted by atomic mass is 35.5. The van der Waals surface area contributed by atoms with Gasteiger partial charge < -0.3 is 0 Å². The van der Waals surface area contributed by atoms with E-state index in [-0.39, 0.29) is 0 Å². The standard InChI is InChI=1S/C10H13Cl3/c1-5-6(2)8(9(11)12)10(4,13)7(5)3/h9H,1-4H3. The molecule has 0 saturated heterocycles. The monoisotopic (exact) mass is 238 g/mol. The Hall–Kier alpha value is 0.350. The predicted molar refractivity (Wildman–Crippen MR) is 60.8 cm³/mol.